The fraction of sp³-hybridized carbons (Fsp3) is 0.0833. The number of nitrogen functional groups attached to an aromatic ring is 1. The molecule has 2 aromatic rings. The summed E-state index contributed by atoms with van der Waals surface area (Å²) in [7, 11) is 1.80. The van der Waals surface area contributed by atoms with E-state index in [1.807, 2.05) is 6.07 Å². The van der Waals surface area contributed by atoms with Gasteiger partial charge in [-0.1, -0.05) is 17.7 Å². The Labute approximate surface area is 109 Å². The average molecular weight is 260 g/mol. The summed E-state index contributed by atoms with van der Waals surface area (Å²) in [6.45, 7) is 0. The topological polar surface area (TPSA) is 78.8 Å². The van der Waals surface area contributed by atoms with Crippen LogP contribution in [0, 0.1) is 11.3 Å². The minimum atomic E-state index is 0.151. The first kappa shape index (κ1) is 12.1. The minimum absolute atomic E-state index is 0.151. The van der Waals surface area contributed by atoms with E-state index < -0.39 is 0 Å². The monoisotopic (exact) mass is 259 g/mol. The molecule has 0 aliphatic heterocycles. The minimum Gasteiger partial charge on any atom is -0.368 e. The molecule has 0 spiro atoms. The molecule has 90 valence electrons. The summed E-state index contributed by atoms with van der Waals surface area (Å²) in [4.78, 5) is 9.64. The normalized spacial score (nSPS) is 9.83. The number of benzene rings is 1. The molecule has 0 aliphatic carbocycles. The summed E-state index contributed by atoms with van der Waals surface area (Å²) in [5.41, 5.74) is 6.91. The molecule has 6 heteroatoms. The number of rotatable bonds is 2. The number of nitrogens with two attached hydrogens (primary N) is 1. The van der Waals surface area contributed by atoms with Crippen molar-refractivity contribution in [1.82, 2.24) is 9.97 Å². The molecule has 0 bridgehead atoms. The first-order valence-corrected chi connectivity index (χ1v) is 5.51. The Morgan fingerprint density at radius 3 is 2.94 bits per heavy atom. The Morgan fingerprint density at radius 2 is 2.22 bits per heavy atom. The zero-order chi connectivity index (χ0) is 13.1. The number of aromatic nitrogens is 2. The number of hydrogen-bond acceptors (Lipinski definition) is 5. The van der Waals surface area contributed by atoms with Crippen LogP contribution in [0.1, 0.15) is 5.56 Å². The summed E-state index contributed by atoms with van der Waals surface area (Å²) < 4.78 is 0. The average Bonchev–Trinajstić information content (AvgIpc) is 2.41. The molecule has 1 aromatic heterocycles. The zero-order valence-electron chi connectivity index (χ0n) is 9.63. The van der Waals surface area contributed by atoms with Gasteiger partial charge in [0.2, 0.25) is 5.95 Å². The van der Waals surface area contributed by atoms with Crippen molar-refractivity contribution in [2.24, 2.45) is 0 Å². The van der Waals surface area contributed by atoms with Gasteiger partial charge < -0.3 is 10.6 Å². The number of nitrogens with zero attached hydrogens (tertiary/aromatic N) is 4. The highest BCUT2D eigenvalue weighted by atomic mass is 35.5. The van der Waals surface area contributed by atoms with Gasteiger partial charge in [0.25, 0.3) is 0 Å². The lowest BCUT2D eigenvalue weighted by Gasteiger charge is -2.19. The second kappa shape index (κ2) is 4.90. The smallest absolute Gasteiger partial charge is 0.222 e. The van der Waals surface area contributed by atoms with Crippen molar-refractivity contribution in [3.05, 3.63) is 41.0 Å². The lowest BCUT2D eigenvalue weighted by Crippen LogP contribution is -2.13. The third-order valence-corrected chi connectivity index (χ3v) is 2.69. The maximum Gasteiger partial charge on any atom is 0.222 e. The Kier molecular flexibility index (Phi) is 3.31. The molecular weight excluding hydrogens is 250 g/mol. The maximum absolute atomic E-state index is 8.87. The van der Waals surface area contributed by atoms with Gasteiger partial charge in [0.15, 0.2) is 5.82 Å². The molecule has 2 rings (SSSR count). The highest BCUT2D eigenvalue weighted by Crippen LogP contribution is 2.28. The Morgan fingerprint density at radius 1 is 1.44 bits per heavy atom. The van der Waals surface area contributed by atoms with E-state index in [0.29, 0.717) is 16.4 Å². The van der Waals surface area contributed by atoms with E-state index >= 15 is 0 Å². The molecule has 0 aliphatic rings. The van der Waals surface area contributed by atoms with Crippen LogP contribution in [-0.4, -0.2) is 17.0 Å². The lowest BCUT2D eigenvalue weighted by atomic mass is 10.2. The predicted octanol–water partition coefficient (Wildman–Crippen LogP) is 2.35. The second-order valence-electron chi connectivity index (χ2n) is 3.62. The standard InChI is InChI=1S/C12H10ClN5/c1-18(9-4-2-3-8(5-9)6-14)11-10(13)7-16-12(15)17-11/h2-5,7H,1H3,(H2,15,16,17). The van der Waals surface area contributed by atoms with Crippen molar-refractivity contribution in [3.63, 3.8) is 0 Å². The van der Waals surface area contributed by atoms with Crippen molar-refractivity contribution < 1.29 is 0 Å². The molecule has 0 saturated carbocycles. The van der Waals surface area contributed by atoms with E-state index in [1.165, 1.54) is 6.20 Å². The third kappa shape index (κ3) is 2.34. The molecule has 2 N–H and O–H groups in total. The second-order valence-corrected chi connectivity index (χ2v) is 4.03. The van der Waals surface area contributed by atoms with Crippen LogP contribution >= 0.6 is 11.6 Å². The van der Waals surface area contributed by atoms with Crippen LogP contribution in [0.25, 0.3) is 0 Å². The number of hydrogen-bond donors (Lipinski definition) is 1. The summed E-state index contributed by atoms with van der Waals surface area (Å²) in [5, 5.41) is 9.27. The highest BCUT2D eigenvalue weighted by Gasteiger charge is 2.11. The van der Waals surface area contributed by atoms with Crippen molar-refractivity contribution >= 4 is 29.1 Å². The van der Waals surface area contributed by atoms with Gasteiger partial charge in [0.05, 0.1) is 17.8 Å². The van der Waals surface area contributed by atoms with E-state index in [2.05, 4.69) is 16.0 Å². The van der Waals surface area contributed by atoms with E-state index in [-0.39, 0.29) is 5.95 Å². The van der Waals surface area contributed by atoms with Crippen LogP contribution in [0.3, 0.4) is 0 Å². The molecule has 18 heavy (non-hydrogen) atoms. The van der Waals surface area contributed by atoms with Crippen LogP contribution in [0.4, 0.5) is 17.5 Å². The van der Waals surface area contributed by atoms with E-state index in [4.69, 9.17) is 22.6 Å². The lowest BCUT2D eigenvalue weighted by molar-refractivity contribution is 1.09. The first-order chi connectivity index (χ1) is 8.61. The molecule has 0 amide bonds. The molecular formula is C12H10ClN5. The van der Waals surface area contributed by atoms with Gasteiger partial charge in [-0.2, -0.15) is 10.2 Å². The highest BCUT2D eigenvalue weighted by molar-refractivity contribution is 6.33. The SMILES string of the molecule is CN(c1cccc(C#N)c1)c1nc(N)ncc1Cl. The van der Waals surface area contributed by atoms with Crippen LogP contribution < -0.4 is 10.6 Å². The third-order valence-electron chi connectivity index (χ3n) is 2.42. The van der Waals surface area contributed by atoms with Crippen molar-refractivity contribution in [2.45, 2.75) is 0 Å². The molecule has 0 saturated heterocycles. The van der Waals surface area contributed by atoms with Crippen LogP contribution in [0.15, 0.2) is 30.5 Å². The molecule has 0 unspecified atom stereocenters. The fourth-order valence-corrected chi connectivity index (χ4v) is 1.73. The fourth-order valence-electron chi connectivity index (χ4n) is 1.51. The Bertz CT molecular complexity index is 620. The zero-order valence-corrected chi connectivity index (χ0v) is 10.4. The van der Waals surface area contributed by atoms with Crippen molar-refractivity contribution in [3.8, 4) is 6.07 Å². The van der Waals surface area contributed by atoms with Gasteiger partial charge >= 0.3 is 0 Å². The molecule has 0 fully saturated rings. The predicted molar refractivity (Wildman–Crippen MR) is 70.7 cm³/mol. The first-order valence-electron chi connectivity index (χ1n) is 5.13. The quantitative estimate of drug-likeness (QED) is 0.896. The molecule has 1 aromatic carbocycles. The molecule has 5 nitrogen and oxygen atoms in total. The maximum atomic E-state index is 8.87. The summed E-state index contributed by atoms with van der Waals surface area (Å²) in [6.07, 6.45) is 1.45. The molecule has 1 heterocycles. The van der Waals surface area contributed by atoms with Gasteiger partial charge in [0, 0.05) is 12.7 Å². The van der Waals surface area contributed by atoms with Crippen LogP contribution in [-0.2, 0) is 0 Å². The number of halogens is 1. The molecule has 0 radical (unpaired) electrons. The number of nitriles is 1. The van der Waals surface area contributed by atoms with Gasteiger partial charge in [-0.25, -0.2) is 4.98 Å². The Balaban J connectivity index is 2.44. The number of anilines is 3. The Hall–Kier alpha value is -2.32. The van der Waals surface area contributed by atoms with E-state index in [0.717, 1.165) is 5.69 Å². The van der Waals surface area contributed by atoms with E-state index in [9.17, 15) is 0 Å². The van der Waals surface area contributed by atoms with Crippen molar-refractivity contribution in [1.29, 1.82) is 5.26 Å². The van der Waals surface area contributed by atoms with Crippen molar-refractivity contribution in [2.75, 3.05) is 17.7 Å². The van der Waals surface area contributed by atoms with Crippen LogP contribution in [0.5, 0.6) is 0 Å². The summed E-state index contributed by atoms with van der Waals surface area (Å²) in [5.74, 6) is 0.650. The van der Waals surface area contributed by atoms with E-state index in [1.54, 1.807) is 30.1 Å². The van der Waals surface area contributed by atoms with Gasteiger partial charge in [0.1, 0.15) is 5.02 Å². The summed E-state index contributed by atoms with van der Waals surface area (Å²) >= 11 is 6.03. The van der Waals surface area contributed by atoms with Gasteiger partial charge in [-0.05, 0) is 18.2 Å². The van der Waals surface area contributed by atoms with Gasteiger partial charge in [-0.3, -0.25) is 0 Å². The molecule has 0 atom stereocenters. The largest absolute Gasteiger partial charge is 0.368 e. The summed E-state index contributed by atoms with van der Waals surface area (Å²) in [6, 6.07) is 9.21. The van der Waals surface area contributed by atoms with Gasteiger partial charge in [-0.15, -0.1) is 0 Å². The van der Waals surface area contributed by atoms with Crippen LogP contribution in [0.2, 0.25) is 5.02 Å².